The smallest absolute Gasteiger partial charge is 0.243 e. The molecule has 32 heavy (non-hydrogen) atoms. The fourth-order valence-electron chi connectivity index (χ4n) is 4.43. The Labute approximate surface area is 190 Å². The molecule has 1 amide bonds. The Morgan fingerprint density at radius 1 is 0.969 bits per heavy atom. The van der Waals surface area contributed by atoms with Crippen molar-refractivity contribution in [2.24, 2.45) is 0 Å². The molecule has 0 heterocycles. The van der Waals surface area contributed by atoms with Crippen LogP contribution in [0.15, 0.2) is 65.6 Å². The molecule has 3 aromatic carbocycles. The zero-order chi connectivity index (χ0) is 22.7. The first-order valence-electron chi connectivity index (χ1n) is 11.2. The van der Waals surface area contributed by atoms with E-state index in [0.717, 1.165) is 39.9 Å². The van der Waals surface area contributed by atoms with Crippen molar-refractivity contribution in [3.8, 4) is 0 Å². The summed E-state index contributed by atoms with van der Waals surface area (Å²) in [5.74, 6) is -0.304. The van der Waals surface area contributed by atoms with Crippen LogP contribution in [0, 0.1) is 0 Å². The van der Waals surface area contributed by atoms with Gasteiger partial charge in [-0.15, -0.1) is 0 Å². The summed E-state index contributed by atoms with van der Waals surface area (Å²) in [4.78, 5) is 12.9. The first-order chi connectivity index (χ1) is 15.4. The van der Waals surface area contributed by atoms with Crippen molar-refractivity contribution in [2.75, 3.05) is 13.6 Å². The normalized spacial score (nSPS) is 14.8. The highest BCUT2D eigenvalue weighted by molar-refractivity contribution is 7.89. The van der Waals surface area contributed by atoms with Crippen LogP contribution in [-0.2, 0) is 27.7 Å². The molecule has 0 aromatic heterocycles. The number of fused-ring (bicyclic) bond motifs is 2. The quantitative estimate of drug-likeness (QED) is 0.572. The summed E-state index contributed by atoms with van der Waals surface area (Å²) in [6, 6.07) is 19.0. The van der Waals surface area contributed by atoms with Gasteiger partial charge in [-0.3, -0.25) is 4.79 Å². The molecule has 0 spiro atoms. The molecule has 0 bridgehead atoms. The van der Waals surface area contributed by atoms with Gasteiger partial charge < -0.3 is 5.32 Å². The minimum atomic E-state index is -3.77. The first kappa shape index (κ1) is 22.5. The standard InChI is InChI=1S/C26H30N2O3S/c1-3-25(23-13-12-19-8-4-6-10-21(19)16-23)27-26(29)18-28(2)32(30,31)24-15-14-20-9-5-7-11-22(20)17-24/h5,7,9,11-17,25H,3-4,6,8,10,18H2,1-2H3,(H,27,29). The summed E-state index contributed by atoms with van der Waals surface area (Å²) in [5.41, 5.74) is 3.86. The van der Waals surface area contributed by atoms with Crippen LogP contribution in [0.25, 0.3) is 10.8 Å². The van der Waals surface area contributed by atoms with E-state index < -0.39 is 10.0 Å². The summed E-state index contributed by atoms with van der Waals surface area (Å²) in [6.07, 6.45) is 5.39. The minimum Gasteiger partial charge on any atom is -0.348 e. The van der Waals surface area contributed by atoms with Gasteiger partial charge in [0.15, 0.2) is 0 Å². The zero-order valence-corrected chi connectivity index (χ0v) is 19.5. The monoisotopic (exact) mass is 450 g/mol. The predicted molar refractivity (Wildman–Crippen MR) is 128 cm³/mol. The van der Waals surface area contributed by atoms with Gasteiger partial charge in [0.05, 0.1) is 17.5 Å². The third kappa shape index (κ3) is 4.71. The number of hydrogen-bond acceptors (Lipinski definition) is 3. The van der Waals surface area contributed by atoms with Gasteiger partial charge in [0.2, 0.25) is 15.9 Å². The van der Waals surface area contributed by atoms with E-state index in [2.05, 4.69) is 23.5 Å². The van der Waals surface area contributed by atoms with E-state index in [4.69, 9.17) is 0 Å². The summed E-state index contributed by atoms with van der Waals surface area (Å²) < 4.78 is 27.2. The lowest BCUT2D eigenvalue weighted by Crippen LogP contribution is -2.39. The van der Waals surface area contributed by atoms with Gasteiger partial charge in [-0.25, -0.2) is 8.42 Å². The number of likely N-dealkylation sites (N-methyl/N-ethyl adjacent to an activating group) is 1. The lowest BCUT2D eigenvalue weighted by Gasteiger charge is -2.23. The highest BCUT2D eigenvalue weighted by atomic mass is 32.2. The number of sulfonamides is 1. The Balaban J connectivity index is 1.46. The van der Waals surface area contributed by atoms with Gasteiger partial charge in [0, 0.05) is 7.05 Å². The van der Waals surface area contributed by atoms with E-state index in [-0.39, 0.29) is 23.4 Å². The van der Waals surface area contributed by atoms with Gasteiger partial charge in [0.25, 0.3) is 0 Å². The van der Waals surface area contributed by atoms with Crippen molar-refractivity contribution >= 4 is 26.7 Å². The van der Waals surface area contributed by atoms with Gasteiger partial charge in [-0.05, 0) is 71.7 Å². The third-order valence-electron chi connectivity index (χ3n) is 6.31. The summed E-state index contributed by atoms with van der Waals surface area (Å²) >= 11 is 0. The molecule has 1 atom stereocenters. The van der Waals surface area contributed by atoms with Crippen LogP contribution in [-0.4, -0.2) is 32.2 Å². The highest BCUT2D eigenvalue weighted by Gasteiger charge is 2.24. The number of aryl methyl sites for hydroxylation is 2. The maximum absolute atomic E-state index is 13.0. The van der Waals surface area contributed by atoms with E-state index in [9.17, 15) is 13.2 Å². The molecule has 0 aliphatic heterocycles. The van der Waals surface area contributed by atoms with E-state index in [1.54, 1.807) is 18.2 Å². The second-order valence-electron chi connectivity index (χ2n) is 8.53. The molecule has 3 aromatic rings. The molecule has 0 radical (unpaired) electrons. The van der Waals surface area contributed by atoms with Gasteiger partial charge in [-0.2, -0.15) is 4.31 Å². The first-order valence-corrected chi connectivity index (χ1v) is 12.7. The molecule has 1 N–H and O–H groups in total. The Hall–Kier alpha value is -2.70. The number of carbonyl (C=O) groups is 1. The van der Waals surface area contributed by atoms with E-state index in [1.807, 2.05) is 31.2 Å². The van der Waals surface area contributed by atoms with Crippen molar-refractivity contribution < 1.29 is 13.2 Å². The number of carbonyl (C=O) groups excluding carboxylic acids is 1. The fraction of sp³-hybridized carbons (Fsp3) is 0.346. The Morgan fingerprint density at radius 3 is 2.44 bits per heavy atom. The second-order valence-corrected chi connectivity index (χ2v) is 10.6. The highest BCUT2D eigenvalue weighted by Crippen LogP contribution is 2.26. The van der Waals surface area contributed by atoms with Crippen LogP contribution in [0.3, 0.4) is 0 Å². The van der Waals surface area contributed by atoms with Crippen LogP contribution in [0.2, 0.25) is 0 Å². The van der Waals surface area contributed by atoms with Crippen molar-refractivity contribution in [1.29, 1.82) is 0 Å². The number of nitrogens with one attached hydrogen (secondary N) is 1. The topological polar surface area (TPSA) is 66.5 Å². The summed E-state index contributed by atoms with van der Waals surface area (Å²) in [5, 5.41) is 4.86. The van der Waals surface area contributed by atoms with Crippen LogP contribution in [0.5, 0.6) is 0 Å². The Morgan fingerprint density at radius 2 is 1.69 bits per heavy atom. The minimum absolute atomic E-state index is 0.133. The molecule has 0 saturated carbocycles. The van der Waals surface area contributed by atoms with Crippen LogP contribution >= 0.6 is 0 Å². The van der Waals surface area contributed by atoms with Crippen molar-refractivity contribution in [3.63, 3.8) is 0 Å². The lowest BCUT2D eigenvalue weighted by molar-refractivity contribution is -0.121. The second kappa shape index (κ2) is 9.43. The molecular formula is C26H30N2O3S. The maximum Gasteiger partial charge on any atom is 0.243 e. The van der Waals surface area contributed by atoms with E-state index in [0.29, 0.717) is 0 Å². The molecule has 0 fully saturated rings. The molecule has 168 valence electrons. The predicted octanol–water partition coefficient (Wildman–Crippen LogP) is 4.61. The Bertz CT molecular complexity index is 1240. The molecule has 1 unspecified atom stereocenters. The van der Waals surface area contributed by atoms with Crippen molar-refractivity contribution in [3.05, 3.63) is 77.4 Å². The molecular weight excluding hydrogens is 420 g/mol. The van der Waals surface area contributed by atoms with E-state index >= 15 is 0 Å². The summed E-state index contributed by atoms with van der Waals surface area (Å²) in [6.45, 7) is 1.80. The zero-order valence-electron chi connectivity index (χ0n) is 18.7. The van der Waals surface area contributed by atoms with Crippen LogP contribution in [0.4, 0.5) is 0 Å². The largest absolute Gasteiger partial charge is 0.348 e. The average Bonchev–Trinajstić information content (AvgIpc) is 2.81. The van der Waals surface area contributed by atoms with Gasteiger partial charge >= 0.3 is 0 Å². The van der Waals surface area contributed by atoms with Crippen molar-refractivity contribution in [2.45, 2.75) is 50.0 Å². The summed E-state index contributed by atoms with van der Waals surface area (Å²) in [7, 11) is -2.32. The lowest BCUT2D eigenvalue weighted by atomic mass is 9.89. The van der Waals surface area contributed by atoms with E-state index in [1.165, 1.54) is 31.0 Å². The molecule has 1 aliphatic rings. The van der Waals surface area contributed by atoms with Gasteiger partial charge in [-0.1, -0.05) is 55.5 Å². The van der Waals surface area contributed by atoms with Crippen molar-refractivity contribution in [1.82, 2.24) is 9.62 Å². The average molecular weight is 451 g/mol. The number of nitrogens with zero attached hydrogens (tertiary/aromatic N) is 1. The van der Waals surface area contributed by atoms with Gasteiger partial charge in [0.1, 0.15) is 0 Å². The fourth-order valence-corrected chi connectivity index (χ4v) is 5.59. The number of rotatable bonds is 7. The molecule has 4 rings (SSSR count). The third-order valence-corrected chi connectivity index (χ3v) is 8.11. The molecule has 0 saturated heterocycles. The SMILES string of the molecule is CCC(NC(=O)CN(C)S(=O)(=O)c1ccc2ccccc2c1)c1ccc2c(c1)CCCC2. The Kier molecular flexibility index (Phi) is 6.63. The molecule has 6 heteroatoms. The molecule has 1 aliphatic carbocycles. The van der Waals surface area contributed by atoms with Crippen LogP contribution < -0.4 is 5.32 Å². The molecule has 5 nitrogen and oxygen atoms in total. The maximum atomic E-state index is 13.0. The number of amides is 1. The number of hydrogen-bond donors (Lipinski definition) is 1. The number of benzene rings is 3. The van der Waals surface area contributed by atoms with Crippen LogP contribution in [0.1, 0.15) is 48.9 Å².